The minimum Gasteiger partial charge on any atom is -0.507 e. The molecule has 0 heterocycles. The van der Waals surface area contributed by atoms with Crippen LogP contribution >= 0.6 is 0 Å². The number of allylic oxidation sites excluding steroid dienone is 2. The Morgan fingerprint density at radius 2 is 1.94 bits per heavy atom. The van der Waals surface area contributed by atoms with E-state index in [1.54, 1.807) is 6.92 Å². The van der Waals surface area contributed by atoms with Crippen molar-refractivity contribution >= 4 is 11.6 Å². The molecule has 1 aromatic rings. The van der Waals surface area contributed by atoms with Crippen LogP contribution < -0.4 is 4.74 Å². The Balaban J connectivity index is 2.72. The fourth-order valence-corrected chi connectivity index (χ4v) is 1.69. The number of hydrogen-bond acceptors (Lipinski definition) is 4. The van der Waals surface area contributed by atoms with Gasteiger partial charge in [0.2, 0.25) is 0 Å². The predicted molar refractivity (Wildman–Crippen MR) is 57.1 cm³/mol. The second kappa shape index (κ2) is 3.48. The molecule has 4 heteroatoms. The molecular weight excluding hydrogens is 208 g/mol. The molecule has 0 amide bonds. The van der Waals surface area contributed by atoms with E-state index in [9.17, 15) is 14.7 Å². The van der Waals surface area contributed by atoms with Crippen molar-refractivity contribution in [2.75, 3.05) is 7.11 Å². The Labute approximate surface area is 92.2 Å². The normalized spacial score (nSPS) is 14.5. The van der Waals surface area contributed by atoms with Crippen molar-refractivity contribution in [2.45, 2.75) is 6.92 Å². The number of carbonyl (C=O) groups is 2. The summed E-state index contributed by atoms with van der Waals surface area (Å²) in [7, 11) is 1.43. The number of benzene rings is 1. The zero-order chi connectivity index (χ0) is 11.9. The third kappa shape index (κ3) is 1.39. The van der Waals surface area contributed by atoms with E-state index < -0.39 is 0 Å². The van der Waals surface area contributed by atoms with Gasteiger partial charge in [0, 0.05) is 17.2 Å². The van der Waals surface area contributed by atoms with Gasteiger partial charge in [-0.25, -0.2) is 0 Å². The van der Waals surface area contributed by atoms with E-state index in [4.69, 9.17) is 4.74 Å². The highest BCUT2D eigenvalue weighted by molar-refractivity contribution is 6.25. The molecular formula is C12H10O4. The number of fused-ring (bicyclic) bond motifs is 1. The fraction of sp³-hybridized carbons (Fsp3) is 0.167. The van der Waals surface area contributed by atoms with Crippen molar-refractivity contribution in [1.29, 1.82) is 0 Å². The lowest BCUT2D eigenvalue weighted by molar-refractivity contribution is 0.0981. The first-order valence-corrected chi connectivity index (χ1v) is 4.73. The molecule has 0 atom stereocenters. The van der Waals surface area contributed by atoms with Gasteiger partial charge in [0.05, 0.1) is 12.7 Å². The van der Waals surface area contributed by atoms with E-state index in [2.05, 4.69) is 0 Å². The summed E-state index contributed by atoms with van der Waals surface area (Å²) < 4.78 is 4.93. The maximum atomic E-state index is 11.8. The van der Waals surface area contributed by atoms with E-state index in [-0.39, 0.29) is 28.4 Å². The lowest BCUT2D eigenvalue weighted by Crippen LogP contribution is -2.15. The summed E-state index contributed by atoms with van der Waals surface area (Å²) in [6, 6.07) is 2.78. The monoisotopic (exact) mass is 218 g/mol. The van der Waals surface area contributed by atoms with Gasteiger partial charge in [-0.05, 0) is 19.1 Å². The van der Waals surface area contributed by atoms with Crippen LogP contribution in [0.5, 0.6) is 11.5 Å². The van der Waals surface area contributed by atoms with Crippen LogP contribution in [0.2, 0.25) is 0 Å². The molecule has 0 radical (unpaired) electrons. The van der Waals surface area contributed by atoms with Crippen molar-refractivity contribution in [3.05, 3.63) is 34.9 Å². The topological polar surface area (TPSA) is 63.6 Å². The Morgan fingerprint density at radius 3 is 2.56 bits per heavy atom. The number of phenolic OH excluding ortho intramolecular Hbond substituents is 1. The highest BCUT2D eigenvalue weighted by Gasteiger charge is 2.27. The molecule has 0 fully saturated rings. The second-order valence-electron chi connectivity index (χ2n) is 3.59. The molecule has 0 aliphatic heterocycles. The lowest BCUT2D eigenvalue weighted by atomic mass is 9.89. The molecule has 1 N–H and O–H groups in total. The van der Waals surface area contributed by atoms with Crippen molar-refractivity contribution in [2.24, 2.45) is 0 Å². The van der Waals surface area contributed by atoms with E-state index in [1.807, 2.05) is 0 Å². The van der Waals surface area contributed by atoms with Crippen LogP contribution in [0.4, 0.5) is 0 Å². The van der Waals surface area contributed by atoms with Crippen LogP contribution in [0.1, 0.15) is 27.6 Å². The molecule has 2 rings (SSSR count). The maximum Gasteiger partial charge on any atom is 0.193 e. The smallest absolute Gasteiger partial charge is 0.193 e. The average molecular weight is 218 g/mol. The second-order valence-corrected chi connectivity index (χ2v) is 3.59. The van der Waals surface area contributed by atoms with E-state index >= 15 is 0 Å². The first-order chi connectivity index (χ1) is 7.54. The van der Waals surface area contributed by atoms with Crippen molar-refractivity contribution < 1.29 is 19.4 Å². The summed E-state index contributed by atoms with van der Waals surface area (Å²) in [6.07, 6.45) is 1.27. The minimum absolute atomic E-state index is 0.0609. The van der Waals surface area contributed by atoms with Gasteiger partial charge in [0.15, 0.2) is 11.6 Å². The standard InChI is InChI=1S/C12H10O4/c1-6-3-9(13)8-4-7(16-2)5-10(14)11(8)12(6)15/h3-5,14H,1-2H3. The molecule has 4 nitrogen and oxygen atoms in total. The van der Waals surface area contributed by atoms with E-state index in [1.165, 1.54) is 25.3 Å². The number of aromatic hydroxyl groups is 1. The van der Waals surface area contributed by atoms with E-state index in [0.717, 1.165) is 0 Å². The molecule has 0 saturated heterocycles. The number of ketones is 2. The molecule has 0 unspecified atom stereocenters. The number of phenols is 1. The van der Waals surface area contributed by atoms with Crippen LogP contribution in [0, 0.1) is 0 Å². The largest absolute Gasteiger partial charge is 0.507 e. The third-order valence-corrected chi connectivity index (χ3v) is 2.53. The fourth-order valence-electron chi connectivity index (χ4n) is 1.69. The van der Waals surface area contributed by atoms with Gasteiger partial charge in [-0.3, -0.25) is 9.59 Å². The third-order valence-electron chi connectivity index (χ3n) is 2.53. The van der Waals surface area contributed by atoms with Gasteiger partial charge >= 0.3 is 0 Å². The van der Waals surface area contributed by atoms with Crippen molar-refractivity contribution in [3.8, 4) is 11.5 Å². The summed E-state index contributed by atoms with van der Waals surface area (Å²) in [5.74, 6) is -0.485. The molecule has 0 bridgehead atoms. The number of rotatable bonds is 1. The molecule has 0 saturated carbocycles. The van der Waals surface area contributed by atoms with Crippen LogP contribution in [0.3, 0.4) is 0 Å². The lowest BCUT2D eigenvalue weighted by Gasteiger charge is -2.15. The first-order valence-electron chi connectivity index (χ1n) is 4.73. The van der Waals surface area contributed by atoms with Gasteiger partial charge in [-0.15, -0.1) is 0 Å². The molecule has 0 spiro atoms. The Hall–Kier alpha value is -2.10. The van der Waals surface area contributed by atoms with Crippen LogP contribution in [0.25, 0.3) is 0 Å². The summed E-state index contributed by atoms with van der Waals surface area (Å²) in [4.78, 5) is 23.4. The van der Waals surface area contributed by atoms with Crippen molar-refractivity contribution in [3.63, 3.8) is 0 Å². The number of hydrogen-bond donors (Lipinski definition) is 1. The Bertz CT molecular complexity index is 526. The van der Waals surface area contributed by atoms with Gasteiger partial charge in [-0.1, -0.05) is 0 Å². The molecule has 1 aliphatic carbocycles. The van der Waals surface area contributed by atoms with Crippen LogP contribution in [0.15, 0.2) is 23.8 Å². The molecule has 1 aromatic carbocycles. The maximum absolute atomic E-state index is 11.8. The molecule has 0 aromatic heterocycles. The number of methoxy groups -OCH3 is 1. The number of Topliss-reactive ketones (excluding diaryl/α,β-unsaturated/α-hetero) is 1. The van der Waals surface area contributed by atoms with Gasteiger partial charge in [0.25, 0.3) is 0 Å². The summed E-state index contributed by atoms with van der Waals surface area (Å²) in [5, 5.41) is 9.69. The predicted octanol–water partition coefficient (Wildman–Crippen LogP) is 1.73. The summed E-state index contributed by atoms with van der Waals surface area (Å²) in [5.41, 5.74) is 0.580. The molecule has 1 aliphatic rings. The molecule has 82 valence electrons. The summed E-state index contributed by atoms with van der Waals surface area (Å²) in [6.45, 7) is 1.55. The average Bonchev–Trinajstić information content (AvgIpc) is 2.25. The summed E-state index contributed by atoms with van der Waals surface area (Å²) >= 11 is 0. The SMILES string of the molecule is COc1cc(O)c2c(c1)C(=O)C=C(C)C2=O. The van der Waals surface area contributed by atoms with Crippen LogP contribution in [-0.4, -0.2) is 23.8 Å². The Morgan fingerprint density at radius 1 is 1.25 bits per heavy atom. The highest BCUT2D eigenvalue weighted by atomic mass is 16.5. The van der Waals surface area contributed by atoms with Crippen molar-refractivity contribution in [1.82, 2.24) is 0 Å². The number of ether oxygens (including phenoxy) is 1. The quantitative estimate of drug-likeness (QED) is 0.779. The zero-order valence-corrected chi connectivity index (χ0v) is 8.90. The zero-order valence-electron chi connectivity index (χ0n) is 8.90. The van der Waals surface area contributed by atoms with Gasteiger partial charge in [-0.2, -0.15) is 0 Å². The van der Waals surface area contributed by atoms with E-state index in [0.29, 0.717) is 11.3 Å². The minimum atomic E-state index is -0.324. The van der Waals surface area contributed by atoms with Gasteiger partial charge in [0.1, 0.15) is 11.5 Å². The van der Waals surface area contributed by atoms with Gasteiger partial charge < -0.3 is 9.84 Å². The molecule has 16 heavy (non-hydrogen) atoms. The number of carbonyl (C=O) groups excluding carboxylic acids is 2. The Kier molecular flexibility index (Phi) is 2.27. The van der Waals surface area contributed by atoms with Crippen LogP contribution in [-0.2, 0) is 0 Å². The highest BCUT2D eigenvalue weighted by Crippen LogP contribution is 2.32. The first kappa shape index (κ1) is 10.4.